The highest BCUT2D eigenvalue weighted by atomic mass is 15.1. The van der Waals surface area contributed by atoms with E-state index in [-0.39, 0.29) is 0 Å². The third-order valence-electron chi connectivity index (χ3n) is 14.7. The molecule has 0 N–H and O–H groups in total. The summed E-state index contributed by atoms with van der Waals surface area (Å²) in [5.74, 6) is 0. The van der Waals surface area contributed by atoms with Crippen molar-refractivity contribution in [3.8, 4) is 22.3 Å². The van der Waals surface area contributed by atoms with Crippen molar-refractivity contribution >= 4 is 38.6 Å². The third-order valence-corrected chi connectivity index (χ3v) is 14.7. The molecule has 1 heteroatoms. The summed E-state index contributed by atoms with van der Waals surface area (Å²) in [6.07, 6.45) is 9.03. The van der Waals surface area contributed by atoms with E-state index in [9.17, 15) is 0 Å². The highest BCUT2D eigenvalue weighted by molar-refractivity contribution is 6.05. The second kappa shape index (κ2) is 14.8. The van der Waals surface area contributed by atoms with E-state index < -0.39 is 10.8 Å². The van der Waals surface area contributed by atoms with Crippen LogP contribution in [-0.2, 0) is 10.8 Å². The Balaban J connectivity index is 1.03. The maximum absolute atomic E-state index is 2.45. The molecule has 0 unspecified atom stereocenters. The van der Waals surface area contributed by atoms with Crippen molar-refractivity contribution in [2.45, 2.75) is 23.7 Å². The molecule has 306 valence electrons. The summed E-state index contributed by atoms with van der Waals surface area (Å²) >= 11 is 0. The van der Waals surface area contributed by atoms with Crippen LogP contribution in [0.15, 0.2) is 254 Å². The number of hydrogen-bond donors (Lipinski definition) is 0. The molecule has 0 atom stereocenters. The van der Waals surface area contributed by atoms with Crippen LogP contribution in [-0.4, -0.2) is 0 Å². The van der Waals surface area contributed by atoms with Gasteiger partial charge in [-0.1, -0.05) is 230 Å². The van der Waals surface area contributed by atoms with Gasteiger partial charge >= 0.3 is 0 Å². The molecule has 13 rings (SSSR count). The lowest BCUT2D eigenvalue weighted by atomic mass is 9.50. The van der Waals surface area contributed by atoms with E-state index in [0.717, 1.165) is 29.9 Å². The summed E-state index contributed by atoms with van der Waals surface area (Å²) < 4.78 is 0. The summed E-state index contributed by atoms with van der Waals surface area (Å²) in [7, 11) is 0. The molecule has 0 saturated heterocycles. The van der Waals surface area contributed by atoms with Gasteiger partial charge in [-0.3, -0.25) is 0 Å². The Kier molecular flexibility index (Phi) is 8.55. The molecule has 0 aromatic heterocycles. The number of hydrogen-bond acceptors (Lipinski definition) is 1. The van der Waals surface area contributed by atoms with Gasteiger partial charge in [-0.25, -0.2) is 0 Å². The van der Waals surface area contributed by atoms with Gasteiger partial charge in [0.15, 0.2) is 0 Å². The van der Waals surface area contributed by atoms with E-state index >= 15 is 0 Å². The maximum Gasteiger partial charge on any atom is 0.0720 e. The molecule has 65 heavy (non-hydrogen) atoms. The Morgan fingerprint density at radius 2 is 0.862 bits per heavy atom. The van der Waals surface area contributed by atoms with Crippen LogP contribution in [0.25, 0.3) is 43.8 Å². The zero-order valence-corrected chi connectivity index (χ0v) is 36.0. The highest BCUT2D eigenvalue weighted by Gasteiger charge is 2.57. The van der Waals surface area contributed by atoms with Crippen LogP contribution in [0.4, 0.5) is 17.1 Å². The molecule has 1 nitrogen and oxygen atoms in total. The molecule has 0 amide bonds. The molecule has 0 saturated carbocycles. The highest BCUT2D eigenvalue weighted by Crippen LogP contribution is 2.66. The Hall–Kier alpha value is -8.00. The van der Waals surface area contributed by atoms with Crippen LogP contribution in [0.1, 0.15) is 51.8 Å². The van der Waals surface area contributed by atoms with Crippen molar-refractivity contribution in [2.75, 3.05) is 4.90 Å². The lowest BCUT2D eigenvalue weighted by Crippen LogP contribution is -2.45. The third kappa shape index (κ3) is 5.33. The molecule has 1 spiro atoms. The first kappa shape index (κ1) is 37.5. The van der Waals surface area contributed by atoms with Crippen LogP contribution in [0.2, 0.25) is 0 Å². The van der Waals surface area contributed by atoms with Gasteiger partial charge in [0.25, 0.3) is 0 Å². The van der Waals surface area contributed by atoms with E-state index in [1.54, 1.807) is 0 Å². The van der Waals surface area contributed by atoms with Crippen LogP contribution < -0.4 is 4.90 Å². The molecule has 0 heterocycles. The second-order valence-electron chi connectivity index (χ2n) is 17.8. The van der Waals surface area contributed by atoms with E-state index in [2.05, 4.69) is 254 Å². The van der Waals surface area contributed by atoms with Crippen molar-refractivity contribution in [3.05, 3.63) is 293 Å². The molecule has 10 aromatic rings. The zero-order chi connectivity index (χ0) is 43.0. The Bertz CT molecular complexity index is 3420. The predicted molar refractivity (Wildman–Crippen MR) is 272 cm³/mol. The topological polar surface area (TPSA) is 3.24 Å². The molecule has 0 radical (unpaired) electrons. The fourth-order valence-electron chi connectivity index (χ4n) is 12.2. The van der Waals surface area contributed by atoms with Gasteiger partial charge in [0, 0.05) is 16.5 Å². The monoisotopic (exact) mass is 827 g/mol. The van der Waals surface area contributed by atoms with Gasteiger partial charge < -0.3 is 4.90 Å². The van der Waals surface area contributed by atoms with Gasteiger partial charge in [0.1, 0.15) is 0 Å². The first-order valence-electron chi connectivity index (χ1n) is 23.0. The van der Waals surface area contributed by atoms with Gasteiger partial charge in [0.05, 0.1) is 22.2 Å². The minimum absolute atomic E-state index is 0.449. The molecule has 0 aliphatic heterocycles. The lowest BCUT2D eigenvalue weighted by Gasteiger charge is -2.51. The number of nitrogens with zero attached hydrogens (tertiary/aromatic N) is 1. The smallest absolute Gasteiger partial charge is 0.0720 e. The zero-order valence-electron chi connectivity index (χ0n) is 36.0. The van der Waals surface area contributed by atoms with Gasteiger partial charge in [-0.15, -0.1) is 0 Å². The normalized spacial score (nSPS) is 17.9. The van der Waals surface area contributed by atoms with Crippen molar-refractivity contribution < 1.29 is 0 Å². The van der Waals surface area contributed by atoms with E-state index in [0.29, 0.717) is 0 Å². The Morgan fingerprint density at radius 1 is 0.369 bits per heavy atom. The average Bonchev–Trinajstić information content (AvgIpc) is 3.68. The van der Waals surface area contributed by atoms with E-state index in [1.165, 1.54) is 88.3 Å². The standard InChI is InChI=1S/C64H45N/c1-3-24-47(25-4-1)63(48-26-5-2-6-27-48)55-33-13-15-35-57(55)64(58-36-16-14-34-56(58)63)54-32-12-11-30-53(54)62-52(31-19-37-59(62)64)46-40-42-49(43-41-46)65(60-38-17-22-44-20-7-9-28-50(44)60)61-39-18-23-45-21-8-10-29-51(45)61/h1-5,7-26,28-43H,6,27H2. The minimum Gasteiger partial charge on any atom is -0.309 e. The summed E-state index contributed by atoms with van der Waals surface area (Å²) in [6.45, 7) is 0. The van der Waals surface area contributed by atoms with E-state index in [4.69, 9.17) is 0 Å². The lowest BCUT2D eigenvalue weighted by molar-refractivity contribution is 0.595. The largest absolute Gasteiger partial charge is 0.309 e. The minimum atomic E-state index is -0.530. The quantitative estimate of drug-likeness (QED) is 0.161. The SMILES string of the molecule is C1=CCCC(C2(c3ccccc3)c3ccccc3C3(c4ccccc4-c4c(-c5ccc(N(c6cccc7ccccc67)c6cccc7ccccc67)cc5)cccc43)c3ccccc32)=C1. The molecular weight excluding hydrogens is 783 g/mol. The Morgan fingerprint density at radius 3 is 1.48 bits per heavy atom. The predicted octanol–water partition coefficient (Wildman–Crippen LogP) is 16.4. The van der Waals surface area contributed by atoms with Crippen molar-refractivity contribution in [2.24, 2.45) is 0 Å². The Labute approximate surface area is 380 Å². The number of rotatable bonds is 6. The van der Waals surface area contributed by atoms with Crippen LogP contribution >= 0.6 is 0 Å². The number of anilines is 3. The van der Waals surface area contributed by atoms with E-state index in [1.807, 2.05) is 0 Å². The first-order chi connectivity index (χ1) is 32.3. The van der Waals surface area contributed by atoms with Crippen molar-refractivity contribution in [3.63, 3.8) is 0 Å². The summed E-state index contributed by atoms with van der Waals surface area (Å²) in [6, 6.07) is 86.4. The molecule has 0 fully saturated rings. The molecule has 0 bridgehead atoms. The number of allylic oxidation sites excluding steroid dienone is 4. The first-order valence-corrected chi connectivity index (χ1v) is 23.0. The summed E-state index contributed by atoms with van der Waals surface area (Å²) in [4.78, 5) is 2.45. The summed E-state index contributed by atoms with van der Waals surface area (Å²) in [5.41, 5.74) is 18.4. The molecule has 3 aliphatic carbocycles. The molecule has 10 aromatic carbocycles. The summed E-state index contributed by atoms with van der Waals surface area (Å²) in [5, 5.41) is 4.88. The molecular formula is C64H45N. The van der Waals surface area contributed by atoms with Gasteiger partial charge in [-0.05, 0) is 109 Å². The number of benzene rings is 10. The van der Waals surface area contributed by atoms with Crippen LogP contribution in [0, 0.1) is 0 Å². The van der Waals surface area contributed by atoms with Crippen LogP contribution in [0.3, 0.4) is 0 Å². The van der Waals surface area contributed by atoms with Crippen molar-refractivity contribution in [1.82, 2.24) is 0 Å². The fourth-order valence-corrected chi connectivity index (χ4v) is 12.2. The van der Waals surface area contributed by atoms with Crippen molar-refractivity contribution in [1.29, 1.82) is 0 Å². The second-order valence-corrected chi connectivity index (χ2v) is 17.8. The van der Waals surface area contributed by atoms with Crippen LogP contribution in [0.5, 0.6) is 0 Å². The van der Waals surface area contributed by atoms with Gasteiger partial charge in [-0.2, -0.15) is 0 Å². The maximum atomic E-state index is 2.45. The molecule has 3 aliphatic rings. The van der Waals surface area contributed by atoms with Gasteiger partial charge in [0.2, 0.25) is 0 Å². The fraction of sp³-hybridized carbons (Fsp3) is 0.0625. The average molecular weight is 828 g/mol. The number of fused-ring (bicyclic) bond motifs is 11.